The van der Waals surface area contributed by atoms with Crippen molar-refractivity contribution >= 4 is 23.3 Å². The third-order valence-electron chi connectivity index (χ3n) is 2.31. The number of carboxylic acids is 1. The fraction of sp³-hybridized carbons (Fsp3) is 0.364. The van der Waals surface area contributed by atoms with Gasteiger partial charge in [-0.05, 0) is 24.6 Å². The molecule has 3 nitrogen and oxygen atoms in total. The van der Waals surface area contributed by atoms with Crippen LogP contribution < -0.4 is 5.32 Å². The molecule has 1 atom stereocenters. The summed E-state index contributed by atoms with van der Waals surface area (Å²) in [4.78, 5) is 10.7. The average Bonchev–Trinajstić information content (AvgIpc) is 2.23. The van der Waals surface area contributed by atoms with Crippen LogP contribution >= 0.6 is 11.6 Å². The summed E-state index contributed by atoms with van der Waals surface area (Å²) in [6, 6.07) is 4.12. The van der Waals surface area contributed by atoms with Gasteiger partial charge >= 0.3 is 5.97 Å². The number of halogens is 2. The molecule has 16 heavy (non-hydrogen) atoms. The maximum atomic E-state index is 13.3. The minimum atomic E-state index is -0.891. The Morgan fingerprint density at radius 3 is 2.88 bits per heavy atom. The van der Waals surface area contributed by atoms with Gasteiger partial charge in [-0.2, -0.15) is 0 Å². The third kappa shape index (κ3) is 3.38. The largest absolute Gasteiger partial charge is 0.481 e. The van der Waals surface area contributed by atoms with Gasteiger partial charge in [0.1, 0.15) is 5.82 Å². The summed E-state index contributed by atoms with van der Waals surface area (Å²) >= 11 is 5.71. The smallest absolute Gasteiger partial charge is 0.308 e. The molecule has 0 amide bonds. The van der Waals surface area contributed by atoms with Gasteiger partial charge in [0, 0.05) is 11.6 Å². The van der Waals surface area contributed by atoms with E-state index in [2.05, 4.69) is 5.32 Å². The number of carboxylic acid groups (broad SMARTS) is 1. The molecule has 0 aliphatic rings. The van der Waals surface area contributed by atoms with Crippen molar-refractivity contribution in [2.45, 2.75) is 13.3 Å². The Kier molecular flexibility index (Phi) is 4.55. The van der Waals surface area contributed by atoms with E-state index in [1.165, 1.54) is 18.2 Å². The third-order valence-corrected chi connectivity index (χ3v) is 2.54. The summed E-state index contributed by atoms with van der Waals surface area (Å²) in [5, 5.41) is 12.0. The highest BCUT2D eigenvalue weighted by Gasteiger charge is 2.15. The highest BCUT2D eigenvalue weighted by atomic mass is 35.5. The van der Waals surface area contributed by atoms with Gasteiger partial charge in [0.25, 0.3) is 0 Å². The number of hydrogen-bond acceptors (Lipinski definition) is 2. The zero-order valence-corrected chi connectivity index (χ0v) is 9.59. The van der Waals surface area contributed by atoms with E-state index in [1.807, 2.05) is 0 Å². The fourth-order valence-corrected chi connectivity index (χ4v) is 1.44. The van der Waals surface area contributed by atoms with Crippen molar-refractivity contribution in [3.05, 3.63) is 29.0 Å². The van der Waals surface area contributed by atoms with E-state index in [-0.39, 0.29) is 12.2 Å². The van der Waals surface area contributed by atoms with Crippen molar-refractivity contribution in [3.8, 4) is 0 Å². The topological polar surface area (TPSA) is 49.3 Å². The van der Waals surface area contributed by atoms with Gasteiger partial charge in [0.05, 0.1) is 11.6 Å². The van der Waals surface area contributed by atoms with Crippen LogP contribution in [0.2, 0.25) is 5.02 Å². The number of hydrogen-bond donors (Lipinski definition) is 2. The van der Waals surface area contributed by atoms with Crippen molar-refractivity contribution in [2.75, 3.05) is 11.9 Å². The molecule has 0 aliphatic carbocycles. The molecule has 88 valence electrons. The van der Waals surface area contributed by atoms with Gasteiger partial charge in [0.15, 0.2) is 0 Å². The summed E-state index contributed by atoms with van der Waals surface area (Å²) in [7, 11) is 0. The Morgan fingerprint density at radius 1 is 1.62 bits per heavy atom. The van der Waals surface area contributed by atoms with Gasteiger partial charge in [-0.15, -0.1) is 0 Å². The minimum absolute atomic E-state index is 0.184. The molecule has 1 rings (SSSR count). The molecule has 0 saturated carbocycles. The van der Waals surface area contributed by atoms with Crippen LogP contribution in [0.25, 0.3) is 0 Å². The number of carbonyl (C=O) groups is 1. The molecule has 5 heteroatoms. The number of rotatable bonds is 5. The highest BCUT2D eigenvalue weighted by Crippen LogP contribution is 2.20. The Labute approximate surface area is 98.2 Å². The van der Waals surface area contributed by atoms with E-state index < -0.39 is 17.7 Å². The van der Waals surface area contributed by atoms with Gasteiger partial charge < -0.3 is 10.4 Å². The molecule has 1 aromatic rings. The number of aliphatic carboxylic acids is 1. The first kappa shape index (κ1) is 12.8. The summed E-state index contributed by atoms with van der Waals surface area (Å²) in [5.41, 5.74) is 0.229. The molecule has 2 N–H and O–H groups in total. The Hall–Kier alpha value is -1.29. The van der Waals surface area contributed by atoms with Gasteiger partial charge in [-0.25, -0.2) is 4.39 Å². The predicted molar refractivity (Wildman–Crippen MR) is 61.3 cm³/mol. The molecule has 0 aliphatic heterocycles. The van der Waals surface area contributed by atoms with Crippen LogP contribution in [0.5, 0.6) is 0 Å². The van der Waals surface area contributed by atoms with Crippen LogP contribution in [-0.2, 0) is 4.79 Å². The quantitative estimate of drug-likeness (QED) is 0.838. The molecule has 0 bridgehead atoms. The van der Waals surface area contributed by atoms with Crippen molar-refractivity contribution in [3.63, 3.8) is 0 Å². The average molecular weight is 246 g/mol. The molecule has 0 aromatic heterocycles. The molecule has 1 aromatic carbocycles. The van der Waals surface area contributed by atoms with E-state index in [9.17, 15) is 9.18 Å². The zero-order valence-electron chi connectivity index (χ0n) is 8.84. The van der Waals surface area contributed by atoms with Crippen LogP contribution in [-0.4, -0.2) is 17.6 Å². The molecule has 0 fully saturated rings. The number of benzene rings is 1. The van der Waals surface area contributed by atoms with Crippen molar-refractivity contribution in [1.82, 2.24) is 0 Å². The van der Waals surface area contributed by atoms with Crippen LogP contribution in [0.1, 0.15) is 13.3 Å². The number of anilines is 1. The first-order valence-corrected chi connectivity index (χ1v) is 5.34. The van der Waals surface area contributed by atoms with E-state index in [1.54, 1.807) is 6.92 Å². The fourth-order valence-electron chi connectivity index (χ4n) is 1.27. The lowest BCUT2D eigenvalue weighted by atomic mass is 10.1. The van der Waals surface area contributed by atoms with Gasteiger partial charge in [0.2, 0.25) is 0 Å². The maximum absolute atomic E-state index is 13.3. The summed E-state index contributed by atoms with van der Waals surface area (Å²) in [6.45, 7) is 1.96. The first-order chi connectivity index (χ1) is 7.54. The minimum Gasteiger partial charge on any atom is -0.481 e. The first-order valence-electron chi connectivity index (χ1n) is 4.96. The molecule has 0 radical (unpaired) electrons. The standard InChI is InChI=1S/C11H13ClFNO2/c1-2-7(11(15)16)6-14-10-5-8(12)3-4-9(10)13/h3-5,7,14H,2,6H2,1H3,(H,15,16). The molecule has 0 heterocycles. The second-order valence-corrected chi connectivity index (χ2v) is 3.88. The predicted octanol–water partition coefficient (Wildman–Crippen LogP) is 3.00. The Balaban J connectivity index is 2.66. The number of nitrogens with one attached hydrogen (secondary N) is 1. The second kappa shape index (κ2) is 5.70. The Morgan fingerprint density at radius 2 is 2.31 bits per heavy atom. The summed E-state index contributed by atoms with van der Waals surface area (Å²) < 4.78 is 13.3. The van der Waals surface area contributed by atoms with Crippen LogP contribution in [0.15, 0.2) is 18.2 Å². The van der Waals surface area contributed by atoms with E-state index in [0.717, 1.165) is 0 Å². The molecular formula is C11H13ClFNO2. The van der Waals surface area contributed by atoms with E-state index in [4.69, 9.17) is 16.7 Å². The van der Waals surface area contributed by atoms with Gasteiger partial charge in [-0.1, -0.05) is 18.5 Å². The SMILES string of the molecule is CCC(CNc1cc(Cl)ccc1F)C(=O)O. The van der Waals surface area contributed by atoms with Crippen LogP contribution in [0, 0.1) is 11.7 Å². The lowest BCUT2D eigenvalue weighted by Gasteiger charge is -2.12. The molecule has 0 saturated heterocycles. The summed E-state index contributed by atoms with van der Waals surface area (Å²) in [5.74, 6) is -1.86. The molecule has 0 spiro atoms. The van der Waals surface area contributed by atoms with Gasteiger partial charge in [-0.3, -0.25) is 4.79 Å². The lowest BCUT2D eigenvalue weighted by Crippen LogP contribution is -2.22. The van der Waals surface area contributed by atoms with Crippen molar-refractivity contribution in [1.29, 1.82) is 0 Å². The molecular weight excluding hydrogens is 233 g/mol. The van der Waals surface area contributed by atoms with E-state index >= 15 is 0 Å². The van der Waals surface area contributed by atoms with Crippen LogP contribution in [0.4, 0.5) is 10.1 Å². The highest BCUT2D eigenvalue weighted by molar-refractivity contribution is 6.30. The summed E-state index contributed by atoms with van der Waals surface area (Å²) in [6.07, 6.45) is 0.491. The lowest BCUT2D eigenvalue weighted by molar-refractivity contribution is -0.141. The second-order valence-electron chi connectivity index (χ2n) is 3.45. The maximum Gasteiger partial charge on any atom is 0.308 e. The zero-order chi connectivity index (χ0) is 12.1. The van der Waals surface area contributed by atoms with Crippen molar-refractivity contribution in [2.24, 2.45) is 5.92 Å². The van der Waals surface area contributed by atoms with Crippen molar-refractivity contribution < 1.29 is 14.3 Å². The normalized spacial score (nSPS) is 12.2. The Bertz CT molecular complexity index is 384. The van der Waals surface area contributed by atoms with E-state index in [0.29, 0.717) is 11.4 Å². The monoisotopic (exact) mass is 245 g/mol. The molecule has 1 unspecified atom stereocenters. The van der Waals surface area contributed by atoms with Crippen LogP contribution in [0.3, 0.4) is 0 Å².